The van der Waals surface area contributed by atoms with Crippen molar-refractivity contribution < 1.29 is 4.42 Å². The van der Waals surface area contributed by atoms with Gasteiger partial charge < -0.3 is 14.2 Å². The normalized spacial score (nSPS) is 16.5. The fraction of sp³-hybridized carbons (Fsp3) is 0.397. The zero-order valence-electron chi connectivity index (χ0n) is 43.7. The van der Waals surface area contributed by atoms with Gasteiger partial charge in [-0.2, -0.15) is 0 Å². The van der Waals surface area contributed by atoms with Crippen molar-refractivity contribution in [3.8, 4) is 11.1 Å². The van der Waals surface area contributed by atoms with Crippen LogP contribution in [0.15, 0.2) is 114 Å². The smallest absolute Gasteiger partial charge is 0.297 e. The monoisotopic (exact) mass is 885 g/mol. The van der Waals surface area contributed by atoms with Crippen molar-refractivity contribution in [3.05, 3.63) is 148 Å². The summed E-state index contributed by atoms with van der Waals surface area (Å²) in [4.78, 5) is 5.32. The molecule has 3 aliphatic rings. The fourth-order valence-corrected chi connectivity index (χ4v) is 11.7. The highest BCUT2D eigenvalue weighted by atomic mass is 16.3. The SMILES string of the molecule is Cc1cc2c3c(c1)N(c1cc(C(C)(C)C)cc(C(C)(C)C)c1-c1ccccc1)c1c(oc4ccc(C(C)(C)C)cc14)B3c1ccc3c(c1N2c1ccc(C(C)(C)C)cc1)C(C)(C)CCC3(C)C. The number of rotatable bonds is 3. The standard InChI is InChI=1S/C63H73BN2O/c1-38-33-49-54-50(34-38)66(48-37-42(60(8,9)10)36-46(61(11,12)13)52(48)39-21-19-18-20-22-39)55-44-35-41(59(5,6)7)25-30-51(44)67-57(55)64(54)47-29-28-45-53(63(16,17)32-31-62(45,14)15)56(47)65(49)43-26-23-40(24-27-43)58(2,3)4/h18-30,33-37H,31-32H2,1-17H3. The first-order valence-electron chi connectivity index (χ1n) is 25.0. The Morgan fingerprint density at radius 2 is 1.13 bits per heavy atom. The number of anilines is 6. The van der Waals surface area contributed by atoms with Gasteiger partial charge in [0.1, 0.15) is 5.58 Å². The number of hydrogen-bond donors (Lipinski definition) is 0. The van der Waals surface area contributed by atoms with Gasteiger partial charge in [-0.15, -0.1) is 0 Å². The average Bonchev–Trinajstić information content (AvgIpc) is 3.62. The molecule has 4 heteroatoms. The van der Waals surface area contributed by atoms with E-state index in [0.717, 1.165) is 35.2 Å². The summed E-state index contributed by atoms with van der Waals surface area (Å²) in [6.07, 6.45) is 2.28. The Labute approximate surface area is 403 Å². The van der Waals surface area contributed by atoms with Crippen LogP contribution in [0.4, 0.5) is 34.1 Å². The lowest BCUT2D eigenvalue weighted by Gasteiger charge is -2.49. The number of fused-ring (bicyclic) bond motifs is 8. The Hall–Kier alpha value is -5.48. The van der Waals surface area contributed by atoms with Gasteiger partial charge in [0.15, 0.2) is 0 Å². The third-order valence-electron chi connectivity index (χ3n) is 15.7. The highest BCUT2D eigenvalue weighted by Gasteiger charge is 2.51. The molecule has 0 fully saturated rings. The van der Waals surface area contributed by atoms with Gasteiger partial charge in [-0.05, 0) is 150 Å². The van der Waals surface area contributed by atoms with Crippen molar-refractivity contribution in [2.24, 2.45) is 0 Å². The molecule has 2 aliphatic heterocycles. The minimum absolute atomic E-state index is 0.0338. The van der Waals surface area contributed by atoms with Gasteiger partial charge in [-0.3, -0.25) is 0 Å². The van der Waals surface area contributed by atoms with Crippen LogP contribution in [0.1, 0.15) is 163 Å². The van der Waals surface area contributed by atoms with Crippen LogP contribution in [0.25, 0.3) is 22.1 Å². The second-order valence-electron chi connectivity index (χ2n) is 25.9. The van der Waals surface area contributed by atoms with Crippen LogP contribution in [0, 0.1) is 6.92 Å². The van der Waals surface area contributed by atoms with E-state index in [-0.39, 0.29) is 39.2 Å². The lowest BCUT2D eigenvalue weighted by atomic mass is 9.35. The molecule has 0 saturated heterocycles. The van der Waals surface area contributed by atoms with E-state index >= 15 is 0 Å². The number of nitrogens with zero attached hydrogens (tertiary/aromatic N) is 2. The maximum absolute atomic E-state index is 7.56. The Kier molecular flexibility index (Phi) is 9.98. The molecule has 344 valence electrons. The van der Waals surface area contributed by atoms with Gasteiger partial charge in [0.2, 0.25) is 0 Å². The molecule has 3 nitrogen and oxygen atoms in total. The minimum Gasteiger partial charge on any atom is -0.468 e. The van der Waals surface area contributed by atoms with Gasteiger partial charge in [0.05, 0.1) is 17.0 Å². The summed E-state index contributed by atoms with van der Waals surface area (Å²) in [5.41, 5.74) is 23.6. The molecular formula is C63H73BN2O. The first-order valence-corrected chi connectivity index (χ1v) is 25.0. The summed E-state index contributed by atoms with van der Waals surface area (Å²) in [5, 5.41) is 1.16. The molecule has 3 heterocycles. The summed E-state index contributed by atoms with van der Waals surface area (Å²) in [7, 11) is 0. The number of aryl methyl sites for hydroxylation is 1. The van der Waals surface area contributed by atoms with Gasteiger partial charge in [-0.25, -0.2) is 0 Å². The Morgan fingerprint density at radius 1 is 0.537 bits per heavy atom. The van der Waals surface area contributed by atoms with Crippen LogP contribution >= 0.6 is 0 Å². The maximum atomic E-state index is 7.56. The van der Waals surface area contributed by atoms with Gasteiger partial charge >= 0.3 is 0 Å². The summed E-state index contributed by atoms with van der Waals surface area (Å²) < 4.78 is 7.56. The van der Waals surface area contributed by atoms with Crippen molar-refractivity contribution in [2.75, 3.05) is 9.80 Å². The summed E-state index contributed by atoms with van der Waals surface area (Å²) >= 11 is 0. The maximum Gasteiger partial charge on any atom is 0.297 e. The van der Waals surface area contributed by atoms with Gasteiger partial charge in [-0.1, -0.05) is 178 Å². The van der Waals surface area contributed by atoms with E-state index in [1.54, 1.807) is 0 Å². The highest BCUT2D eigenvalue weighted by Crippen LogP contribution is 2.56. The first-order chi connectivity index (χ1) is 31.2. The van der Waals surface area contributed by atoms with Crippen LogP contribution in [-0.4, -0.2) is 6.71 Å². The molecule has 0 amide bonds. The molecule has 0 unspecified atom stereocenters. The zero-order chi connectivity index (χ0) is 48.1. The molecule has 0 N–H and O–H groups in total. The van der Waals surface area contributed by atoms with Crippen LogP contribution in [-0.2, 0) is 32.5 Å². The molecule has 6 aromatic carbocycles. The summed E-state index contributed by atoms with van der Waals surface area (Å²) in [6.45, 7) is 40.2. The molecule has 1 aliphatic carbocycles. The largest absolute Gasteiger partial charge is 0.468 e. The van der Waals surface area contributed by atoms with Gasteiger partial charge in [0, 0.05) is 33.7 Å². The second-order valence-corrected chi connectivity index (χ2v) is 25.9. The molecule has 67 heavy (non-hydrogen) atoms. The van der Waals surface area contributed by atoms with Gasteiger partial charge in [0.25, 0.3) is 6.71 Å². The predicted octanol–water partition coefficient (Wildman–Crippen LogP) is 16.0. The predicted molar refractivity (Wildman–Crippen MR) is 290 cm³/mol. The lowest BCUT2D eigenvalue weighted by molar-refractivity contribution is 0.333. The summed E-state index contributed by atoms with van der Waals surface area (Å²) in [5.74, 6) is 0. The Balaban J connectivity index is 1.41. The fourth-order valence-electron chi connectivity index (χ4n) is 11.7. The second kappa shape index (κ2) is 14.8. The van der Waals surface area contributed by atoms with E-state index in [1.165, 1.54) is 89.4 Å². The third-order valence-corrected chi connectivity index (χ3v) is 15.7. The molecule has 0 atom stereocenters. The lowest BCUT2D eigenvalue weighted by Crippen LogP contribution is -2.61. The van der Waals surface area contributed by atoms with E-state index in [9.17, 15) is 0 Å². The topological polar surface area (TPSA) is 19.6 Å². The van der Waals surface area contributed by atoms with E-state index in [2.05, 4.69) is 237 Å². The quantitative estimate of drug-likeness (QED) is 0.165. The van der Waals surface area contributed by atoms with Crippen molar-refractivity contribution >= 4 is 68.4 Å². The zero-order valence-corrected chi connectivity index (χ0v) is 43.7. The molecule has 7 aromatic rings. The molecule has 10 rings (SSSR count). The summed E-state index contributed by atoms with van der Waals surface area (Å²) in [6, 6.07) is 42.6. The van der Waals surface area contributed by atoms with E-state index in [0.29, 0.717) is 0 Å². The van der Waals surface area contributed by atoms with Crippen LogP contribution in [0.3, 0.4) is 0 Å². The number of benzene rings is 6. The molecule has 1 aromatic heterocycles. The Bertz CT molecular complexity index is 3120. The molecular weight excluding hydrogens is 812 g/mol. The van der Waals surface area contributed by atoms with Crippen molar-refractivity contribution in [3.63, 3.8) is 0 Å². The molecule has 0 saturated carbocycles. The molecule has 0 spiro atoms. The van der Waals surface area contributed by atoms with Crippen molar-refractivity contribution in [2.45, 2.75) is 163 Å². The van der Waals surface area contributed by atoms with Crippen LogP contribution < -0.4 is 26.4 Å². The number of furan rings is 1. The molecule has 0 radical (unpaired) electrons. The van der Waals surface area contributed by atoms with E-state index < -0.39 is 0 Å². The van der Waals surface area contributed by atoms with Crippen molar-refractivity contribution in [1.29, 1.82) is 0 Å². The first kappa shape index (κ1) is 45.3. The third kappa shape index (κ3) is 7.21. The van der Waals surface area contributed by atoms with Crippen molar-refractivity contribution in [1.82, 2.24) is 0 Å². The number of hydrogen-bond acceptors (Lipinski definition) is 3. The Morgan fingerprint density at radius 3 is 1.75 bits per heavy atom. The van der Waals surface area contributed by atoms with E-state index in [1.807, 2.05) is 0 Å². The van der Waals surface area contributed by atoms with Crippen LogP contribution in [0.2, 0.25) is 0 Å². The van der Waals surface area contributed by atoms with Crippen LogP contribution in [0.5, 0.6) is 0 Å². The molecule has 0 bridgehead atoms. The minimum atomic E-state index is -0.152. The average molecular weight is 885 g/mol. The van der Waals surface area contributed by atoms with E-state index in [4.69, 9.17) is 4.42 Å². The highest BCUT2D eigenvalue weighted by molar-refractivity contribution is 7.00.